The van der Waals surface area contributed by atoms with Crippen LogP contribution in [-0.4, -0.2) is 22.4 Å². The van der Waals surface area contributed by atoms with Crippen molar-refractivity contribution in [3.63, 3.8) is 0 Å². The third-order valence-corrected chi connectivity index (χ3v) is 3.81. The summed E-state index contributed by atoms with van der Waals surface area (Å²) < 4.78 is 12.6. The second-order valence-electron chi connectivity index (χ2n) is 5.10. The average molecular weight is 306 g/mol. The number of carboxylic acid groups (broad SMARTS) is 1. The van der Waals surface area contributed by atoms with Crippen LogP contribution >= 0.6 is 0 Å². The molecule has 0 aliphatic carbocycles. The van der Waals surface area contributed by atoms with E-state index in [9.17, 15) is 10.1 Å². The van der Waals surface area contributed by atoms with Gasteiger partial charge in [0.05, 0.1) is 16.6 Å². The highest BCUT2D eigenvalue weighted by Gasteiger charge is 2.19. The van der Waals surface area contributed by atoms with Crippen LogP contribution in [0, 0.1) is 11.3 Å². The zero-order chi connectivity index (χ0) is 16.0. The van der Waals surface area contributed by atoms with Crippen molar-refractivity contribution in [2.75, 3.05) is 6.79 Å². The summed E-state index contributed by atoms with van der Waals surface area (Å²) in [6.07, 6.45) is 1.72. The third kappa shape index (κ3) is 1.99. The Kier molecular flexibility index (Phi) is 2.75. The summed E-state index contributed by atoms with van der Waals surface area (Å²) in [5, 5.41) is 19.1. The number of hydrogen-bond acceptors (Lipinski definition) is 4. The van der Waals surface area contributed by atoms with Crippen LogP contribution in [-0.2, 0) is 0 Å². The van der Waals surface area contributed by atoms with Gasteiger partial charge in [0.25, 0.3) is 0 Å². The van der Waals surface area contributed by atoms with E-state index in [2.05, 4.69) is 6.07 Å². The topological polar surface area (TPSA) is 84.5 Å². The second kappa shape index (κ2) is 4.78. The lowest BCUT2D eigenvalue weighted by Crippen LogP contribution is -1.97. The van der Waals surface area contributed by atoms with Crippen molar-refractivity contribution < 1.29 is 19.4 Å². The lowest BCUT2D eigenvalue weighted by molar-refractivity contribution is 0.0697. The zero-order valence-corrected chi connectivity index (χ0v) is 11.8. The number of carbonyl (C=O) groups is 1. The van der Waals surface area contributed by atoms with Crippen molar-refractivity contribution >= 4 is 16.9 Å². The van der Waals surface area contributed by atoms with Gasteiger partial charge < -0.3 is 19.1 Å². The van der Waals surface area contributed by atoms with Crippen LogP contribution in [0.3, 0.4) is 0 Å². The van der Waals surface area contributed by atoms with Gasteiger partial charge in [-0.05, 0) is 30.3 Å². The van der Waals surface area contributed by atoms with Crippen molar-refractivity contribution in [3.8, 4) is 23.3 Å². The van der Waals surface area contributed by atoms with Gasteiger partial charge >= 0.3 is 5.97 Å². The summed E-state index contributed by atoms with van der Waals surface area (Å²) >= 11 is 0. The Morgan fingerprint density at radius 3 is 2.52 bits per heavy atom. The number of fused-ring (bicyclic) bond motifs is 2. The molecule has 23 heavy (non-hydrogen) atoms. The van der Waals surface area contributed by atoms with E-state index < -0.39 is 5.97 Å². The highest BCUT2D eigenvalue weighted by atomic mass is 16.7. The van der Waals surface area contributed by atoms with Gasteiger partial charge in [-0.3, -0.25) is 0 Å². The summed E-state index contributed by atoms with van der Waals surface area (Å²) in [5.41, 5.74) is 2.29. The molecule has 0 bridgehead atoms. The van der Waals surface area contributed by atoms with Gasteiger partial charge in [-0.25, -0.2) is 4.79 Å². The van der Waals surface area contributed by atoms with Crippen LogP contribution in [0.1, 0.15) is 15.9 Å². The standard InChI is InChI=1S/C17H10N2O4/c18-7-11-8-19(12-3-1-10(2-4-12)17(20)21)14-6-16-15(5-13(11)14)22-9-23-16/h1-6,8H,9H2,(H,20,21). The molecular weight excluding hydrogens is 296 g/mol. The molecule has 1 aliphatic rings. The Labute approximate surface area is 130 Å². The highest BCUT2D eigenvalue weighted by Crippen LogP contribution is 2.38. The molecule has 0 unspecified atom stereocenters. The molecule has 112 valence electrons. The van der Waals surface area contributed by atoms with E-state index in [0.717, 1.165) is 16.6 Å². The van der Waals surface area contributed by atoms with Crippen molar-refractivity contribution in [2.24, 2.45) is 0 Å². The van der Waals surface area contributed by atoms with Crippen LogP contribution < -0.4 is 9.47 Å². The quantitative estimate of drug-likeness (QED) is 0.787. The third-order valence-electron chi connectivity index (χ3n) is 3.81. The largest absolute Gasteiger partial charge is 0.478 e. The molecule has 1 aliphatic heterocycles. The molecule has 2 heterocycles. The summed E-state index contributed by atoms with van der Waals surface area (Å²) in [7, 11) is 0. The van der Waals surface area contributed by atoms with E-state index in [1.54, 1.807) is 24.4 Å². The molecule has 2 aromatic carbocycles. The minimum Gasteiger partial charge on any atom is -0.478 e. The van der Waals surface area contributed by atoms with E-state index in [1.807, 2.05) is 10.6 Å². The molecule has 0 fully saturated rings. The molecule has 6 nitrogen and oxygen atoms in total. The zero-order valence-electron chi connectivity index (χ0n) is 11.8. The van der Waals surface area contributed by atoms with Gasteiger partial charge in [-0.15, -0.1) is 0 Å². The molecule has 0 radical (unpaired) electrons. The van der Waals surface area contributed by atoms with E-state index in [4.69, 9.17) is 14.6 Å². The number of aromatic carboxylic acids is 1. The second-order valence-corrected chi connectivity index (χ2v) is 5.10. The minimum atomic E-state index is -0.977. The van der Waals surface area contributed by atoms with E-state index in [0.29, 0.717) is 17.1 Å². The fourth-order valence-corrected chi connectivity index (χ4v) is 2.68. The summed E-state index contributed by atoms with van der Waals surface area (Å²) in [6, 6.07) is 12.2. The molecule has 4 rings (SSSR count). The first-order chi connectivity index (χ1) is 11.2. The number of ether oxygens (including phenoxy) is 2. The van der Waals surface area contributed by atoms with E-state index in [1.165, 1.54) is 12.1 Å². The van der Waals surface area contributed by atoms with Gasteiger partial charge in [0.15, 0.2) is 11.5 Å². The lowest BCUT2D eigenvalue weighted by Gasteiger charge is -2.06. The molecule has 0 amide bonds. The number of benzene rings is 2. The first-order valence-corrected chi connectivity index (χ1v) is 6.86. The monoisotopic (exact) mass is 306 g/mol. The number of hydrogen-bond donors (Lipinski definition) is 1. The lowest BCUT2D eigenvalue weighted by atomic mass is 10.1. The van der Waals surface area contributed by atoms with E-state index in [-0.39, 0.29) is 12.4 Å². The van der Waals surface area contributed by atoms with Crippen molar-refractivity contribution in [3.05, 3.63) is 53.7 Å². The average Bonchev–Trinajstić information content (AvgIpc) is 3.16. The Bertz CT molecular complexity index is 980. The van der Waals surface area contributed by atoms with Crippen LogP contribution in [0.15, 0.2) is 42.6 Å². The molecule has 0 saturated heterocycles. The molecule has 0 atom stereocenters. The van der Waals surface area contributed by atoms with Gasteiger partial charge in [0.1, 0.15) is 6.07 Å². The summed E-state index contributed by atoms with van der Waals surface area (Å²) in [6.45, 7) is 0.164. The fraction of sp³-hybridized carbons (Fsp3) is 0.0588. The minimum absolute atomic E-state index is 0.164. The van der Waals surface area contributed by atoms with Gasteiger partial charge in [-0.1, -0.05) is 0 Å². The van der Waals surface area contributed by atoms with Crippen molar-refractivity contribution in [1.29, 1.82) is 5.26 Å². The van der Waals surface area contributed by atoms with Crippen molar-refractivity contribution in [1.82, 2.24) is 4.57 Å². The maximum Gasteiger partial charge on any atom is 0.335 e. The number of carboxylic acids is 1. The number of nitriles is 1. The highest BCUT2D eigenvalue weighted by molar-refractivity contribution is 5.91. The van der Waals surface area contributed by atoms with Crippen molar-refractivity contribution in [2.45, 2.75) is 0 Å². The summed E-state index contributed by atoms with van der Waals surface area (Å²) in [4.78, 5) is 11.0. The van der Waals surface area contributed by atoms with Crippen LogP contribution in [0.5, 0.6) is 11.5 Å². The molecule has 1 N–H and O–H groups in total. The van der Waals surface area contributed by atoms with Gasteiger partial charge in [0.2, 0.25) is 6.79 Å². The molecule has 3 aromatic rings. The number of aromatic nitrogens is 1. The van der Waals surface area contributed by atoms with Gasteiger partial charge in [-0.2, -0.15) is 5.26 Å². The molecule has 6 heteroatoms. The maximum absolute atomic E-state index is 11.0. The smallest absolute Gasteiger partial charge is 0.335 e. The summed E-state index contributed by atoms with van der Waals surface area (Å²) in [5.74, 6) is 0.270. The number of nitrogens with zero attached hydrogens (tertiary/aromatic N) is 2. The predicted molar refractivity (Wildman–Crippen MR) is 81.1 cm³/mol. The first kappa shape index (κ1) is 13.2. The molecule has 0 saturated carbocycles. The Morgan fingerprint density at radius 2 is 1.87 bits per heavy atom. The normalized spacial score (nSPS) is 12.3. The van der Waals surface area contributed by atoms with E-state index >= 15 is 0 Å². The molecule has 0 spiro atoms. The molecule has 1 aromatic heterocycles. The van der Waals surface area contributed by atoms with Crippen LogP contribution in [0.4, 0.5) is 0 Å². The Hall–Kier alpha value is -3.46. The fourth-order valence-electron chi connectivity index (χ4n) is 2.68. The maximum atomic E-state index is 11.0. The Morgan fingerprint density at radius 1 is 1.17 bits per heavy atom. The van der Waals surface area contributed by atoms with Gasteiger partial charge in [0, 0.05) is 23.3 Å². The van der Waals surface area contributed by atoms with Crippen LogP contribution in [0.25, 0.3) is 16.6 Å². The van der Waals surface area contributed by atoms with Crippen LogP contribution in [0.2, 0.25) is 0 Å². The molecular formula is C17H10N2O4. The predicted octanol–water partition coefficient (Wildman–Crippen LogP) is 2.93. The SMILES string of the molecule is N#Cc1cn(-c2ccc(C(=O)O)cc2)c2cc3c(cc12)OCO3. The first-order valence-electron chi connectivity index (χ1n) is 6.86. The number of rotatable bonds is 2. The Balaban J connectivity index is 1.93.